The van der Waals surface area contributed by atoms with E-state index in [4.69, 9.17) is 15.4 Å². The van der Waals surface area contributed by atoms with Crippen molar-refractivity contribution in [3.05, 3.63) is 18.0 Å². The largest absolute Gasteiger partial charge is 0.458 e. The number of carbonyl (C=O) groups excluding carboxylic acids is 1. The average molecular weight is 308 g/mol. The highest BCUT2D eigenvalue weighted by atomic mass is 35.7. The quantitative estimate of drug-likeness (QED) is 0.619. The normalized spacial score (nSPS) is 13.6. The Morgan fingerprint density at radius 1 is 1.42 bits per heavy atom. The van der Waals surface area contributed by atoms with E-state index in [0.717, 1.165) is 0 Å². The van der Waals surface area contributed by atoms with Gasteiger partial charge in [-0.25, -0.2) is 13.2 Å². The molecule has 0 bridgehead atoms. The Hall–Kier alpha value is -1.01. The molecule has 0 spiro atoms. The third-order valence-corrected chi connectivity index (χ3v) is 4.07. The van der Waals surface area contributed by atoms with Gasteiger partial charge in [0.15, 0.2) is 0 Å². The Balaban J connectivity index is 3.19. The highest BCUT2D eigenvalue weighted by molar-refractivity contribution is 8.13. The first-order valence-electron chi connectivity index (χ1n) is 6.04. The van der Waals surface area contributed by atoms with E-state index in [1.54, 1.807) is 11.5 Å². The molecule has 0 radical (unpaired) electrons. The van der Waals surface area contributed by atoms with E-state index in [9.17, 15) is 13.2 Å². The molecule has 0 fully saturated rings. The zero-order valence-corrected chi connectivity index (χ0v) is 13.0. The van der Waals surface area contributed by atoms with Gasteiger partial charge in [-0.1, -0.05) is 6.92 Å². The van der Waals surface area contributed by atoms with Crippen molar-refractivity contribution in [1.29, 1.82) is 0 Å². The van der Waals surface area contributed by atoms with Crippen molar-refractivity contribution in [3.63, 3.8) is 0 Å². The summed E-state index contributed by atoms with van der Waals surface area (Å²) in [4.78, 5) is 11.9. The fourth-order valence-electron chi connectivity index (χ4n) is 1.50. The van der Waals surface area contributed by atoms with Gasteiger partial charge >= 0.3 is 5.97 Å². The molecule has 1 rings (SSSR count). The van der Waals surface area contributed by atoms with Crippen LogP contribution in [0.2, 0.25) is 0 Å². The fourth-order valence-corrected chi connectivity index (χ4v) is 2.25. The van der Waals surface area contributed by atoms with Crippen LogP contribution in [0.1, 0.15) is 50.6 Å². The lowest BCUT2D eigenvalue weighted by molar-refractivity contribution is 0.0320. The van der Waals surface area contributed by atoms with E-state index in [1.165, 1.54) is 12.3 Å². The molecular weight excluding hydrogens is 290 g/mol. The Morgan fingerprint density at radius 3 is 2.42 bits per heavy atom. The van der Waals surface area contributed by atoms with Gasteiger partial charge < -0.3 is 9.30 Å². The number of hydrogen-bond acceptors (Lipinski definition) is 4. The van der Waals surface area contributed by atoms with Crippen molar-refractivity contribution in [1.82, 2.24) is 4.57 Å². The third kappa shape index (κ3) is 3.98. The van der Waals surface area contributed by atoms with Crippen LogP contribution in [-0.2, 0) is 13.8 Å². The number of esters is 1. The molecule has 0 aliphatic carbocycles. The van der Waals surface area contributed by atoms with Crippen LogP contribution >= 0.6 is 10.7 Å². The molecule has 5 nitrogen and oxygen atoms in total. The van der Waals surface area contributed by atoms with E-state index >= 15 is 0 Å². The van der Waals surface area contributed by atoms with Gasteiger partial charge in [0.25, 0.3) is 9.05 Å². The SMILES string of the molecule is CCC(C)OC(=O)c1cc(S(=O)(=O)Cl)cn1C(C)C. The second kappa shape index (κ2) is 5.96. The summed E-state index contributed by atoms with van der Waals surface area (Å²) in [6, 6.07) is 1.17. The minimum atomic E-state index is -3.86. The van der Waals surface area contributed by atoms with Crippen molar-refractivity contribution in [3.8, 4) is 0 Å². The highest BCUT2D eigenvalue weighted by Crippen LogP contribution is 2.22. The monoisotopic (exact) mass is 307 g/mol. The van der Waals surface area contributed by atoms with Crippen molar-refractivity contribution in [2.45, 2.75) is 51.2 Å². The molecule has 7 heteroatoms. The Bertz CT molecular complexity index is 562. The summed E-state index contributed by atoms with van der Waals surface area (Å²) in [5.41, 5.74) is 0.189. The van der Waals surface area contributed by atoms with E-state index in [0.29, 0.717) is 6.42 Å². The first-order chi connectivity index (χ1) is 8.66. The second-order valence-electron chi connectivity index (χ2n) is 4.62. The first kappa shape index (κ1) is 16.0. The zero-order chi connectivity index (χ0) is 14.8. The summed E-state index contributed by atoms with van der Waals surface area (Å²) in [7, 11) is 1.43. The molecule has 0 N–H and O–H groups in total. The molecule has 108 valence electrons. The molecule has 1 heterocycles. The van der Waals surface area contributed by atoms with Crippen molar-refractivity contribution in [2.24, 2.45) is 0 Å². The molecule has 1 aromatic heterocycles. The van der Waals surface area contributed by atoms with E-state index in [1.807, 2.05) is 20.8 Å². The van der Waals surface area contributed by atoms with Crippen LogP contribution in [0.4, 0.5) is 0 Å². The topological polar surface area (TPSA) is 65.4 Å². The molecule has 1 unspecified atom stereocenters. The highest BCUT2D eigenvalue weighted by Gasteiger charge is 2.23. The van der Waals surface area contributed by atoms with Gasteiger partial charge in [-0.15, -0.1) is 0 Å². The average Bonchev–Trinajstić information content (AvgIpc) is 2.73. The molecule has 0 aliphatic heterocycles. The molecule has 1 atom stereocenters. The van der Waals surface area contributed by atoms with Crippen LogP contribution in [0.15, 0.2) is 17.2 Å². The van der Waals surface area contributed by atoms with E-state index in [2.05, 4.69) is 0 Å². The zero-order valence-electron chi connectivity index (χ0n) is 11.4. The van der Waals surface area contributed by atoms with Gasteiger partial charge in [-0.05, 0) is 33.3 Å². The van der Waals surface area contributed by atoms with Gasteiger partial charge in [0.05, 0.1) is 6.10 Å². The van der Waals surface area contributed by atoms with Crippen molar-refractivity contribution in [2.75, 3.05) is 0 Å². The standard InChI is InChI=1S/C12H18ClNO4S/c1-5-9(4)18-12(15)11-6-10(19(13,16)17)7-14(11)8(2)3/h6-9H,5H2,1-4H3. The van der Waals surface area contributed by atoms with Gasteiger partial charge in [0.2, 0.25) is 0 Å². The maximum atomic E-state index is 12.0. The van der Waals surface area contributed by atoms with Crippen LogP contribution in [0.3, 0.4) is 0 Å². The fraction of sp³-hybridized carbons (Fsp3) is 0.583. The molecule has 0 aliphatic rings. The predicted molar refractivity (Wildman–Crippen MR) is 73.0 cm³/mol. The minimum absolute atomic E-state index is 0.0772. The van der Waals surface area contributed by atoms with Gasteiger partial charge in [-0.2, -0.15) is 0 Å². The summed E-state index contributed by atoms with van der Waals surface area (Å²) >= 11 is 0. The molecule has 0 aromatic carbocycles. The predicted octanol–water partition coefficient (Wildman–Crippen LogP) is 2.95. The van der Waals surface area contributed by atoms with Crippen LogP contribution in [0.5, 0.6) is 0 Å². The number of aromatic nitrogens is 1. The lowest BCUT2D eigenvalue weighted by Crippen LogP contribution is -2.18. The van der Waals surface area contributed by atoms with Crippen molar-refractivity contribution >= 4 is 25.7 Å². The van der Waals surface area contributed by atoms with Gasteiger partial charge in [0.1, 0.15) is 10.6 Å². The molecule has 19 heavy (non-hydrogen) atoms. The van der Waals surface area contributed by atoms with Crippen LogP contribution in [-0.4, -0.2) is 25.1 Å². The maximum Gasteiger partial charge on any atom is 0.355 e. The van der Waals surface area contributed by atoms with Crippen LogP contribution in [0.25, 0.3) is 0 Å². The third-order valence-electron chi connectivity index (χ3n) is 2.75. The Morgan fingerprint density at radius 2 is 2.00 bits per heavy atom. The molecule has 1 aromatic rings. The first-order valence-corrected chi connectivity index (χ1v) is 8.35. The Labute approximate surface area is 117 Å². The summed E-state index contributed by atoms with van der Waals surface area (Å²) < 4.78 is 29.4. The number of carbonyl (C=O) groups is 1. The lowest BCUT2D eigenvalue weighted by Gasteiger charge is -2.14. The minimum Gasteiger partial charge on any atom is -0.458 e. The van der Waals surface area contributed by atoms with Crippen molar-refractivity contribution < 1.29 is 17.9 Å². The summed E-state index contributed by atoms with van der Waals surface area (Å²) in [6.07, 6.45) is 1.81. The number of ether oxygens (including phenoxy) is 1. The van der Waals surface area contributed by atoms with Gasteiger partial charge in [-0.3, -0.25) is 0 Å². The molecular formula is C12H18ClNO4S. The second-order valence-corrected chi connectivity index (χ2v) is 7.19. The summed E-state index contributed by atoms with van der Waals surface area (Å²) in [5.74, 6) is -0.547. The number of nitrogens with zero attached hydrogens (tertiary/aromatic N) is 1. The maximum absolute atomic E-state index is 12.0. The lowest BCUT2D eigenvalue weighted by atomic mass is 10.3. The number of halogens is 1. The molecule has 0 amide bonds. The van der Waals surface area contributed by atoms with Crippen LogP contribution < -0.4 is 0 Å². The molecule has 0 saturated heterocycles. The number of hydrogen-bond donors (Lipinski definition) is 0. The Kier molecular flexibility index (Phi) is 5.04. The van der Waals surface area contributed by atoms with Gasteiger partial charge in [0, 0.05) is 22.9 Å². The molecule has 0 saturated carbocycles. The van der Waals surface area contributed by atoms with E-state index < -0.39 is 15.0 Å². The smallest absolute Gasteiger partial charge is 0.355 e. The van der Waals surface area contributed by atoms with Crippen LogP contribution in [0, 0.1) is 0 Å². The summed E-state index contributed by atoms with van der Waals surface area (Å²) in [5, 5.41) is 0. The van der Waals surface area contributed by atoms with E-state index in [-0.39, 0.29) is 22.7 Å². The number of rotatable bonds is 5. The summed E-state index contributed by atoms with van der Waals surface area (Å²) in [6.45, 7) is 7.35.